The van der Waals surface area contributed by atoms with Crippen LogP contribution >= 0.6 is 0 Å². The molecule has 119 heavy (non-hydrogen) atoms. The van der Waals surface area contributed by atoms with Crippen LogP contribution in [0, 0.1) is 17.8 Å². The van der Waals surface area contributed by atoms with E-state index in [1.165, 1.54) is 16.7 Å². The summed E-state index contributed by atoms with van der Waals surface area (Å²) in [6.45, 7) is 46.5. The maximum Gasteiger partial charge on any atom is 0.343 e. The normalized spacial score (nSPS) is 13.3. The van der Waals surface area contributed by atoms with Crippen molar-refractivity contribution in [3.05, 3.63) is 339 Å². The zero-order chi connectivity index (χ0) is 86.3. The van der Waals surface area contributed by atoms with Crippen LogP contribution < -0.4 is 23.7 Å². The average molecular weight is 1600 g/mol. The van der Waals surface area contributed by atoms with E-state index in [9.17, 15) is 29.1 Å². The SMILES string of the molecule is C=Cc1ccc(C(=O)Oc2cc(CCCCC)cc(O)c2/C=C/C(C)CCC=C(C)C)cc1.C=Cc1ccc(C(=O)Oc2cc(CCCCC)cc(OC(=O)c3ccc(C=C)cc3)c2/C=C/C(C)CCC=C(C)C)cc1.C=Cc1ccc(C(=O)Oc2cc(CCCCC)cc(OC(=O)c3ccc(C=C)cc3)c2[C@@H]2C=C(C)CC[C@H]2C(=C)C)cc1. The van der Waals surface area contributed by atoms with Crippen LogP contribution in [-0.4, -0.2) is 35.0 Å². The van der Waals surface area contributed by atoms with E-state index in [-0.39, 0.29) is 23.5 Å². The van der Waals surface area contributed by atoms with Gasteiger partial charge in [-0.3, -0.25) is 0 Å². The molecule has 0 aliphatic heterocycles. The molecule has 0 aromatic heterocycles. The van der Waals surface area contributed by atoms with Gasteiger partial charge in [0.2, 0.25) is 0 Å². The molecule has 622 valence electrons. The first kappa shape index (κ1) is 94.2. The number of unbranched alkanes of at least 4 members (excludes halogenated alkanes) is 6. The first-order valence-electron chi connectivity index (χ1n) is 42.2. The molecule has 8 aromatic rings. The number of hydrogen-bond donors (Lipinski definition) is 1. The molecule has 0 saturated heterocycles. The lowest BCUT2D eigenvalue weighted by atomic mass is 9.73. The molecule has 0 bridgehead atoms. The summed E-state index contributed by atoms with van der Waals surface area (Å²) in [4.78, 5) is 66.5. The Morgan fingerprint density at radius 1 is 0.420 bits per heavy atom. The fraction of sp³-hybridized carbons (Fsp3) is 0.306. The Kier molecular flexibility index (Phi) is 39.0. The van der Waals surface area contributed by atoms with Crippen molar-refractivity contribution >= 4 is 72.4 Å². The smallest absolute Gasteiger partial charge is 0.343 e. The minimum atomic E-state index is -0.482. The highest BCUT2D eigenvalue weighted by molar-refractivity contribution is 5.96. The number of esters is 5. The number of ether oxygens (including phenoxy) is 5. The quantitative estimate of drug-likeness (QED) is 0.0170. The first-order chi connectivity index (χ1) is 57.3. The lowest BCUT2D eigenvalue weighted by Gasteiger charge is -2.32. The highest BCUT2D eigenvalue weighted by atomic mass is 16.6. The van der Waals surface area contributed by atoms with Crippen molar-refractivity contribution in [3.63, 3.8) is 0 Å². The number of hydrogen-bond acceptors (Lipinski definition) is 11. The summed E-state index contributed by atoms with van der Waals surface area (Å²) in [6, 6.07) is 46.9. The molecule has 1 aliphatic rings. The number of phenolic OH excluding ortho intramolecular Hbond substituents is 1. The molecule has 0 fully saturated rings. The average Bonchev–Trinajstić information content (AvgIpc) is 0.843. The van der Waals surface area contributed by atoms with Crippen molar-refractivity contribution in [3.8, 4) is 34.5 Å². The van der Waals surface area contributed by atoms with Crippen molar-refractivity contribution in [1.29, 1.82) is 0 Å². The topological polar surface area (TPSA) is 152 Å². The zero-order valence-corrected chi connectivity index (χ0v) is 72.2. The Bertz CT molecular complexity index is 4760. The number of aromatic hydroxyl groups is 1. The molecular formula is C108H124O11. The Morgan fingerprint density at radius 3 is 1.00 bits per heavy atom. The molecule has 9 rings (SSSR count). The highest BCUT2D eigenvalue weighted by Gasteiger charge is 2.33. The third-order valence-corrected chi connectivity index (χ3v) is 20.9. The van der Waals surface area contributed by atoms with Crippen LogP contribution in [-0.2, 0) is 19.3 Å². The van der Waals surface area contributed by atoms with Crippen LogP contribution in [0.15, 0.2) is 250 Å². The molecule has 4 atom stereocenters. The molecule has 1 N–H and O–H groups in total. The van der Waals surface area contributed by atoms with E-state index in [0.29, 0.717) is 79.2 Å². The minimum absolute atomic E-state index is 0.100. The van der Waals surface area contributed by atoms with Crippen molar-refractivity contribution in [2.45, 2.75) is 198 Å². The molecule has 0 amide bonds. The highest BCUT2D eigenvalue weighted by Crippen LogP contribution is 2.48. The van der Waals surface area contributed by atoms with Crippen LogP contribution in [0.5, 0.6) is 34.5 Å². The molecule has 0 heterocycles. The third-order valence-electron chi connectivity index (χ3n) is 20.9. The van der Waals surface area contributed by atoms with Gasteiger partial charge in [-0.05, 0) is 278 Å². The molecule has 11 nitrogen and oxygen atoms in total. The van der Waals surface area contributed by atoms with Gasteiger partial charge < -0.3 is 28.8 Å². The van der Waals surface area contributed by atoms with Crippen LogP contribution in [0.3, 0.4) is 0 Å². The van der Waals surface area contributed by atoms with Gasteiger partial charge in [-0.25, -0.2) is 24.0 Å². The van der Waals surface area contributed by atoms with Gasteiger partial charge in [0.05, 0.1) is 38.9 Å². The van der Waals surface area contributed by atoms with E-state index in [0.717, 1.165) is 166 Å². The van der Waals surface area contributed by atoms with Gasteiger partial charge in [-0.15, -0.1) is 0 Å². The fourth-order valence-electron chi connectivity index (χ4n) is 13.7. The molecule has 8 aromatic carbocycles. The Balaban J connectivity index is 0.000000249. The predicted octanol–water partition coefficient (Wildman–Crippen LogP) is 29.1. The number of aryl methyl sites for hydroxylation is 3. The number of carbonyl (C=O) groups excluding carboxylic acids is 5. The van der Waals surface area contributed by atoms with E-state index < -0.39 is 29.8 Å². The second-order valence-electron chi connectivity index (χ2n) is 31.4. The van der Waals surface area contributed by atoms with Gasteiger partial charge in [0.25, 0.3) is 0 Å². The number of rotatable bonds is 39. The summed E-state index contributed by atoms with van der Waals surface area (Å²) in [5, 5.41) is 10.8. The number of benzene rings is 8. The van der Waals surface area contributed by atoms with E-state index in [1.807, 2.05) is 110 Å². The van der Waals surface area contributed by atoms with E-state index >= 15 is 0 Å². The van der Waals surface area contributed by atoms with E-state index in [4.69, 9.17) is 23.7 Å². The molecular weight excluding hydrogens is 1470 g/mol. The molecule has 0 radical (unpaired) electrons. The summed E-state index contributed by atoms with van der Waals surface area (Å²) in [7, 11) is 0. The summed E-state index contributed by atoms with van der Waals surface area (Å²) < 4.78 is 30.2. The molecule has 0 saturated carbocycles. The standard InChI is InChI=1S/C39H42O4.C39H44O4.C30H38O3/c1-7-10-11-12-30-24-35(42-38(40)31-18-14-28(8-2)15-19-31)37(34-23-27(6)13-22-33(34)26(4)5)36(25-30)43-39(41)32-20-16-29(9-3)17-21-32;1-7-10-11-15-32-26-36(42-38(40)33-21-17-30(8-2)18-22-33)35(25-16-29(6)14-12-13-28(4)5)37(27-32)43-39(41)34-23-19-31(9-3)20-24-34;1-6-8-9-13-25-20-28(31)27(19-14-23(5)12-10-11-22(3)4)29(21-25)33-30(32)26-17-15-24(7-2)16-18-26/h8-9,14-21,23-25,33-34H,2-4,7,10-13,22H2,1,5-6H3;8-9,13,16-27,29H,2-3,7,10-12,14-15H2,1,4-6H3;7,11,14-21,23,31H,2,6,8-10,12-13H2,1,3-5H3/b;25-16+;19-14+/t33-,34+;;/m0../s1. The van der Waals surface area contributed by atoms with Crippen LogP contribution in [0.1, 0.15) is 291 Å². The second kappa shape index (κ2) is 49.3. The maximum atomic E-state index is 13.5. The summed E-state index contributed by atoms with van der Waals surface area (Å²) >= 11 is 0. The van der Waals surface area contributed by atoms with E-state index in [2.05, 4.69) is 139 Å². The number of carbonyl (C=O) groups is 5. The van der Waals surface area contributed by atoms with Crippen molar-refractivity contribution in [1.82, 2.24) is 0 Å². The second-order valence-corrected chi connectivity index (χ2v) is 31.4. The maximum absolute atomic E-state index is 13.5. The Hall–Kier alpha value is -12.0. The fourth-order valence-corrected chi connectivity index (χ4v) is 13.7. The Labute approximate surface area is 709 Å². The Morgan fingerprint density at radius 2 is 0.706 bits per heavy atom. The van der Waals surface area contributed by atoms with Gasteiger partial charge in [0, 0.05) is 11.5 Å². The van der Waals surface area contributed by atoms with Gasteiger partial charge >= 0.3 is 29.8 Å². The zero-order valence-electron chi connectivity index (χ0n) is 72.2. The molecule has 2 unspecified atom stereocenters. The van der Waals surface area contributed by atoms with Gasteiger partial charge in [-0.2, -0.15) is 0 Å². The molecule has 11 heteroatoms. The van der Waals surface area contributed by atoms with Crippen molar-refractivity contribution in [2.75, 3.05) is 0 Å². The van der Waals surface area contributed by atoms with Crippen LogP contribution in [0.2, 0.25) is 0 Å². The summed E-state index contributed by atoms with van der Waals surface area (Å²) in [5.74, 6) is 0.267. The van der Waals surface area contributed by atoms with E-state index in [1.54, 1.807) is 97.1 Å². The van der Waals surface area contributed by atoms with Crippen molar-refractivity contribution in [2.24, 2.45) is 17.8 Å². The van der Waals surface area contributed by atoms with Gasteiger partial charge in [-0.1, -0.05) is 268 Å². The van der Waals surface area contributed by atoms with Gasteiger partial charge in [0.15, 0.2) is 0 Å². The van der Waals surface area contributed by atoms with Gasteiger partial charge in [0.1, 0.15) is 34.5 Å². The lowest BCUT2D eigenvalue weighted by Crippen LogP contribution is -2.21. The molecule has 1 aliphatic carbocycles. The monoisotopic (exact) mass is 1600 g/mol. The first-order valence-corrected chi connectivity index (χ1v) is 42.2. The van der Waals surface area contributed by atoms with Crippen LogP contribution in [0.25, 0.3) is 42.5 Å². The predicted molar refractivity (Wildman–Crippen MR) is 496 cm³/mol. The largest absolute Gasteiger partial charge is 0.507 e. The molecule has 0 spiro atoms. The van der Waals surface area contributed by atoms with Crippen LogP contribution in [0.4, 0.5) is 0 Å². The van der Waals surface area contributed by atoms with Crippen molar-refractivity contribution < 1.29 is 52.8 Å². The minimum Gasteiger partial charge on any atom is -0.507 e. The number of allylic oxidation sites excluding steroid dienone is 9. The summed E-state index contributed by atoms with van der Waals surface area (Å²) in [6.07, 6.45) is 41.0. The third kappa shape index (κ3) is 30.5. The number of phenols is 1. The summed E-state index contributed by atoms with van der Waals surface area (Å²) in [5.41, 5.74) is 16.3. The lowest BCUT2D eigenvalue weighted by molar-refractivity contribution is 0.0710.